The number of aromatic nitrogens is 4. The van der Waals surface area contributed by atoms with E-state index in [0.717, 1.165) is 28.8 Å². The van der Waals surface area contributed by atoms with Gasteiger partial charge in [0.05, 0.1) is 17.3 Å². The molecule has 0 saturated carbocycles. The molecule has 4 aromatic rings. The van der Waals surface area contributed by atoms with Gasteiger partial charge in [0.1, 0.15) is 5.82 Å². The van der Waals surface area contributed by atoms with Crippen LogP contribution in [0.4, 0.5) is 17.5 Å². The summed E-state index contributed by atoms with van der Waals surface area (Å²) in [6.07, 6.45) is 2.63. The van der Waals surface area contributed by atoms with Crippen molar-refractivity contribution in [2.75, 3.05) is 30.9 Å². The second kappa shape index (κ2) is 8.89. The van der Waals surface area contributed by atoms with Crippen LogP contribution >= 0.6 is 11.6 Å². The maximum Gasteiger partial charge on any atom is 0.226 e. The average Bonchev–Trinajstić information content (AvgIpc) is 3.18. The Morgan fingerprint density at radius 3 is 2.59 bits per heavy atom. The van der Waals surface area contributed by atoms with E-state index in [1.807, 2.05) is 59.3 Å². The minimum atomic E-state index is 0.530. The Balaban J connectivity index is 1.73. The van der Waals surface area contributed by atoms with Gasteiger partial charge in [-0.2, -0.15) is 15.1 Å². The van der Waals surface area contributed by atoms with Crippen LogP contribution in [0, 0.1) is 0 Å². The highest BCUT2D eigenvalue weighted by Crippen LogP contribution is 2.27. The summed E-state index contributed by atoms with van der Waals surface area (Å²) >= 11 is 6.00. The Hall–Kier alpha value is -3.16. The van der Waals surface area contributed by atoms with Crippen LogP contribution < -0.4 is 10.6 Å². The van der Waals surface area contributed by atoms with E-state index < -0.39 is 0 Å². The zero-order valence-corrected chi connectivity index (χ0v) is 16.7. The molecule has 0 atom stereocenters. The van der Waals surface area contributed by atoms with Crippen molar-refractivity contribution in [3.8, 4) is 5.69 Å². The molecule has 8 heteroatoms. The number of hydrogen-bond acceptors (Lipinski definition) is 6. The number of hydrogen-bond donors (Lipinski definition) is 2. The number of ether oxygens (including phenoxy) is 1. The van der Waals surface area contributed by atoms with Crippen molar-refractivity contribution < 1.29 is 4.74 Å². The normalized spacial score (nSPS) is 11.0. The zero-order valence-electron chi connectivity index (χ0n) is 16.0. The van der Waals surface area contributed by atoms with Crippen molar-refractivity contribution in [3.63, 3.8) is 0 Å². The Labute approximate surface area is 173 Å². The fourth-order valence-electron chi connectivity index (χ4n) is 2.93. The van der Waals surface area contributed by atoms with Gasteiger partial charge < -0.3 is 15.4 Å². The van der Waals surface area contributed by atoms with Crippen molar-refractivity contribution in [2.24, 2.45) is 0 Å². The van der Waals surface area contributed by atoms with Crippen LogP contribution in [-0.2, 0) is 4.74 Å². The van der Waals surface area contributed by atoms with E-state index in [-0.39, 0.29) is 0 Å². The third-order valence-electron chi connectivity index (χ3n) is 4.34. The standard InChI is InChI=1S/C21H21ClN6O/c1-29-13-5-12-23-21-26-19(25-16-10-8-15(22)9-11-16)18-14-24-28(20(18)27-21)17-6-3-2-4-7-17/h2-4,6-11,14H,5,12-13H2,1H3,(H2,23,25,26,27). The predicted molar refractivity (Wildman–Crippen MR) is 116 cm³/mol. The first-order valence-electron chi connectivity index (χ1n) is 9.31. The second-order valence-corrected chi connectivity index (χ2v) is 6.87. The van der Waals surface area contributed by atoms with Gasteiger partial charge in [-0.3, -0.25) is 0 Å². The molecule has 0 fully saturated rings. The van der Waals surface area contributed by atoms with Crippen LogP contribution in [0.1, 0.15) is 6.42 Å². The third-order valence-corrected chi connectivity index (χ3v) is 4.60. The fraction of sp³-hybridized carbons (Fsp3) is 0.190. The fourth-order valence-corrected chi connectivity index (χ4v) is 3.05. The van der Waals surface area contributed by atoms with Crippen LogP contribution in [0.2, 0.25) is 5.02 Å². The lowest BCUT2D eigenvalue weighted by atomic mass is 10.3. The van der Waals surface area contributed by atoms with E-state index >= 15 is 0 Å². The van der Waals surface area contributed by atoms with Gasteiger partial charge in [0, 0.05) is 31.0 Å². The van der Waals surface area contributed by atoms with Gasteiger partial charge >= 0.3 is 0 Å². The predicted octanol–water partition coefficient (Wildman–Crippen LogP) is 4.66. The number of nitrogens with one attached hydrogen (secondary N) is 2. The summed E-state index contributed by atoms with van der Waals surface area (Å²) in [6.45, 7) is 1.38. The molecular formula is C21H21ClN6O. The van der Waals surface area contributed by atoms with Gasteiger partial charge in [-0.15, -0.1) is 0 Å². The van der Waals surface area contributed by atoms with Gasteiger partial charge in [0.25, 0.3) is 0 Å². The number of rotatable bonds is 8. The van der Waals surface area contributed by atoms with E-state index in [4.69, 9.17) is 21.3 Å². The summed E-state index contributed by atoms with van der Waals surface area (Å²) in [5.41, 5.74) is 2.54. The molecule has 2 aromatic carbocycles. The topological polar surface area (TPSA) is 76.9 Å². The summed E-state index contributed by atoms with van der Waals surface area (Å²) in [4.78, 5) is 9.36. The minimum absolute atomic E-state index is 0.530. The molecule has 0 saturated heterocycles. The van der Waals surface area contributed by atoms with E-state index in [0.29, 0.717) is 29.9 Å². The number of methoxy groups -OCH3 is 1. The first-order chi connectivity index (χ1) is 14.2. The van der Waals surface area contributed by atoms with Gasteiger partial charge in [-0.1, -0.05) is 29.8 Å². The molecule has 0 aliphatic carbocycles. The number of benzene rings is 2. The van der Waals surface area contributed by atoms with Gasteiger partial charge in [-0.05, 0) is 42.8 Å². The zero-order chi connectivity index (χ0) is 20.1. The number of fused-ring (bicyclic) bond motifs is 1. The molecular weight excluding hydrogens is 388 g/mol. The smallest absolute Gasteiger partial charge is 0.226 e. The van der Waals surface area contributed by atoms with Crippen LogP contribution in [0.5, 0.6) is 0 Å². The molecule has 0 radical (unpaired) electrons. The van der Waals surface area contributed by atoms with Crippen molar-refractivity contribution in [2.45, 2.75) is 6.42 Å². The largest absolute Gasteiger partial charge is 0.385 e. The van der Waals surface area contributed by atoms with Gasteiger partial charge in [-0.25, -0.2) is 4.68 Å². The highest BCUT2D eigenvalue weighted by molar-refractivity contribution is 6.30. The monoisotopic (exact) mass is 408 g/mol. The summed E-state index contributed by atoms with van der Waals surface area (Å²) in [5, 5.41) is 12.7. The number of halogens is 1. The Morgan fingerprint density at radius 2 is 1.83 bits per heavy atom. The summed E-state index contributed by atoms with van der Waals surface area (Å²) < 4.78 is 6.92. The molecule has 4 rings (SSSR count). The number of nitrogens with zero attached hydrogens (tertiary/aromatic N) is 4. The molecule has 0 aliphatic heterocycles. The molecule has 2 aromatic heterocycles. The highest BCUT2D eigenvalue weighted by atomic mass is 35.5. The summed E-state index contributed by atoms with van der Waals surface area (Å²) in [7, 11) is 1.69. The van der Waals surface area contributed by atoms with E-state index in [9.17, 15) is 0 Å². The lowest BCUT2D eigenvalue weighted by Gasteiger charge is -2.11. The maximum absolute atomic E-state index is 6.00. The van der Waals surface area contributed by atoms with Crippen LogP contribution in [-0.4, -0.2) is 40.0 Å². The molecule has 2 heterocycles. The molecule has 0 aliphatic rings. The van der Waals surface area contributed by atoms with Crippen molar-refractivity contribution in [3.05, 3.63) is 65.8 Å². The lowest BCUT2D eigenvalue weighted by molar-refractivity contribution is 0.197. The van der Waals surface area contributed by atoms with Crippen molar-refractivity contribution in [1.82, 2.24) is 19.7 Å². The molecule has 2 N–H and O–H groups in total. The minimum Gasteiger partial charge on any atom is -0.385 e. The molecule has 29 heavy (non-hydrogen) atoms. The molecule has 0 unspecified atom stereocenters. The van der Waals surface area contributed by atoms with Crippen molar-refractivity contribution >= 4 is 40.1 Å². The van der Waals surface area contributed by atoms with E-state index in [1.165, 1.54) is 0 Å². The van der Waals surface area contributed by atoms with Crippen LogP contribution in [0.15, 0.2) is 60.8 Å². The Bertz CT molecular complexity index is 1080. The second-order valence-electron chi connectivity index (χ2n) is 6.43. The number of anilines is 3. The summed E-state index contributed by atoms with van der Waals surface area (Å²) in [6, 6.07) is 17.4. The van der Waals surface area contributed by atoms with Crippen molar-refractivity contribution in [1.29, 1.82) is 0 Å². The van der Waals surface area contributed by atoms with Crippen LogP contribution in [0.25, 0.3) is 16.7 Å². The molecule has 148 valence electrons. The van der Waals surface area contributed by atoms with Crippen LogP contribution in [0.3, 0.4) is 0 Å². The highest BCUT2D eigenvalue weighted by Gasteiger charge is 2.14. The quantitative estimate of drug-likeness (QED) is 0.413. The van der Waals surface area contributed by atoms with Gasteiger partial charge in [0.2, 0.25) is 5.95 Å². The van der Waals surface area contributed by atoms with Gasteiger partial charge in [0.15, 0.2) is 5.65 Å². The first kappa shape index (κ1) is 19.2. The Morgan fingerprint density at radius 1 is 1.03 bits per heavy atom. The molecule has 0 spiro atoms. The molecule has 0 amide bonds. The summed E-state index contributed by atoms with van der Waals surface area (Å²) in [5.74, 6) is 1.21. The maximum atomic E-state index is 6.00. The van der Waals surface area contributed by atoms with E-state index in [1.54, 1.807) is 13.3 Å². The SMILES string of the molecule is COCCCNc1nc(Nc2ccc(Cl)cc2)c2cnn(-c3ccccc3)c2n1. The molecule has 7 nitrogen and oxygen atoms in total. The Kier molecular flexibility index (Phi) is 5.88. The first-order valence-corrected chi connectivity index (χ1v) is 9.69. The van der Waals surface area contributed by atoms with E-state index in [2.05, 4.69) is 20.7 Å². The third kappa shape index (κ3) is 4.47. The number of para-hydroxylation sites is 1. The molecule has 0 bridgehead atoms. The average molecular weight is 409 g/mol. The lowest BCUT2D eigenvalue weighted by Crippen LogP contribution is -2.10.